The van der Waals surface area contributed by atoms with E-state index in [2.05, 4.69) is 56.5 Å². The Kier molecular flexibility index (Phi) is 9.82. The van der Waals surface area contributed by atoms with Crippen molar-refractivity contribution in [3.63, 3.8) is 0 Å². The fourth-order valence-corrected chi connectivity index (χ4v) is 5.38. The molecule has 216 valence electrons. The molecule has 1 amide bonds. The van der Waals surface area contributed by atoms with Gasteiger partial charge in [0.05, 0.1) is 12.1 Å². The maximum Gasteiger partial charge on any atom is 0.407 e. The molecule has 2 atom stereocenters. The highest BCUT2D eigenvalue weighted by molar-refractivity contribution is 5.68. The summed E-state index contributed by atoms with van der Waals surface area (Å²) in [5.41, 5.74) is 2.97. The third kappa shape index (κ3) is 9.00. The van der Waals surface area contributed by atoms with E-state index in [0.29, 0.717) is 5.56 Å². The van der Waals surface area contributed by atoms with Crippen LogP contribution in [0.25, 0.3) is 0 Å². The molecule has 2 aromatic carbocycles. The van der Waals surface area contributed by atoms with Crippen LogP contribution in [0.1, 0.15) is 95.9 Å². The molecule has 0 aliphatic heterocycles. The summed E-state index contributed by atoms with van der Waals surface area (Å²) in [7, 11) is 0. The van der Waals surface area contributed by atoms with Crippen LogP contribution in [0.2, 0.25) is 0 Å². The van der Waals surface area contributed by atoms with Gasteiger partial charge in [-0.2, -0.15) is 0 Å². The van der Waals surface area contributed by atoms with Gasteiger partial charge in [0, 0.05) is 18.2 Å². The Hall–Kier alpha value is -2.51. The summed E-state index contributed by atoms with van der Waals surface area (Å²) in [6, 6.07) is 9.16. The monoisotopic (exact) mass is 544 g/mol. The smallest absolute Gasteiger partial charge is 0.407 e. The minimum absolute atomic E-state index is 0.00119. The Bertz CT molecular complexity index is 1110. The SMILES string of the molecule is Cc1cc(C(C)(C)C)cc(C2(NCC(O)C(Cc3cc(F)cc(F)c3)NC(=O)OC(C)(C)C)CCCCC2)c1. The first-order valence-electron chi connectivity index (χ1n) is 14.1. The quantitative estimate of drug-likeness (QED) is 0.341. The van der Waals surface area contributed by atoms with E-state index in [-0.39, 0.29) is 23.9 Å². The highest BCUT2D eigenvalue weighted by atomic mass is 19.1. The Balaban J connectivity index is 1.87. The van der Waals surface area contributed by atoms with Crippen LogP contribution < -0.4 is 10.6 Å². The molecule has 2 aromatic rings. The van der Waals surface area contributed by atoms with Gasteiger partial charge >= 0.3 is 6.09 Å². The molecular formula is C32H46F2N2O3. The van der Waals surface area contributed by atoms with Crippen molar-refractivity contribution in [1.82, 2.24) is 10.6 Å². The number of alkyl carbamates (subject to hydrolysis) is 1. The number of halogens is 2. The number of aliphatic hydroxyl groups is 1. The lowest BCUT2D eigenvalue weighted by atomic mass is 9.74. The predicted molar refractivity (Wildman–Crippen MR) is 152 cm³/mol. The van der Waals surface area contributed by atoms with E-state index in [0.717, 1.165) is 38.2 Å². The van der Waals surface area contributed by atoms with Gasteiger partial charge < -0.3 is 20.5 Å². The lowest BCUT2D eigenvalue weighted by Gasteiger charge is -2.41. The maximum atomic E-state index is 13.9. The molecule has 7 heteroatoms. The number of aliphatic hydroxyl groups excluding tert-OH is 1. The van der Waals surface area contributed by atoms with E-state index in [9.17, 15) is 18.7 Å². The van der Waals surface area contributed by atoms with Crippen molar-refractivity contribution < 1.29 is 23.4 Å². The number of hydrogen-bond acceptors (Lipinski definition) is 4. The van der Waals surface area contributed by atoms with Gasteiger partial charge in [0.1, 0.15) is 17.2 Å². The van der Waals surface area contributed by atoms with E-state index < -0.39 is 35.5 Å². The van der Waals surface area contributed by atoms with Crippen LogP contribution in [-0.4, -0.2) is 35.5 Å². The van der Waals surface area contributed by atoms with E-state index >= 15 is 0 Å². The lowest BCUT2D eigenvalue weighted by molar-refractivity contribution is 0.0408. The Labute approximate surface area is 232 Å². The molecule has 3 N–H and O–H groups in total. The molecule has 5 nitrogen and oxygen atoms in total. The van der Waals surface area contributed by atoms with E-state index in [1.807, 2.05) is 0 Å². The van der Waals surface area contributed by atoms with Crippen LogP contribution in [-0.2, 0) is 22.1 Å². The average Bonchev–Trinajstić information content (AvgIpc) is 2.80. The van der Waals surface area contributed by atoms with Crippen LogP contribution in [0.4, 0.5) is 13.6 Å². The lowest BCUT2D eigenvalue weighted by Crippen LogP contribution is -2.54. The van der Waals surface area contributed by atoms with E-state index in [4.69, 9.17) is 4.74 Å². The van der Waals surface area contributed by atoms with Crippen LogP contribution in [0.15, 0.2) is 36.4 Å². The molecule has 1 fully saturated rings. The van der Waals surface area contributed by atoms with Crippen molar-refractivity contribution in [2.75, 3.05) is 6.54 Å². The Morgan fingerprint density at radius 2 is 1.59 bits per heavy atom. The maximum absolute atomic E-state index is 13.9. The van der Waals surface area contributed by atoms with Crippen molar-refractivity contribution in [1.29, 1.82) is 0 Å². The largest absolute Gasteiger partial charge is 0.444 e. The number of ether oxygens (including phenoxy) is 1. The van der Waals surface area contributed by atoms with E-state index in [1.54, 1.807) is 20.8 Å². The van der Waals surface area contributed by atoms with Gasteiger partial charge in [-0.25, -0.2) is 13.6 Å². The summed E-state index contributed by atoms with van der Waals surface area (Å²) in [5.74, 6) is -1.41. The molecule has 39 heavy (non-hydrogen) atoms. The fourth-order valence-electron chi connectivity index (χ4n) is 5.38. The summed E-state index contributed by atoms with van der Waals surface area (Å²) in [4.78, 5) is 12.6. The fraction of sp³-hybridized carbons (Fsp3) is 0.594. The molecular weight excluding hydrogens is 498 g/mol. The van der Waals surface area contributed by atoms with Crippen molar-refractivity contribution in [3.05, 3.63) is 70.3 Å². The number of carbonyl (C=O) groups excluding carboxylic acids is 1. The number of benzene rings is 2. The summed E-state index contributed by atoms with van der Waals surface area (Å²) < 4.78 is 33.2. The molecule has 0 heterocycles. The minimum Gasteiger partial charge on any atom is -0.444 e. The van der Waals surface area contributed by atoms with Crippen molar-refractivity contribution in [3.8, 4) is 0 Å². The number of nitrogens with one attached hydrogen (secondary N) is 2. The van der Waals surface area contributed by atoms with Crippen molar-refractivity contribution in [2.45, 2.75) is 116 Å². The molecule has 1 saturated carbocycles. The third-order valence-corrected chi connectivity index (χ3v) is 7.40. The number of carbonyl (C=O) groups is 1. The van der Waals surface area contributed by atoms with Crippen LogP contribution in [0.5, 0.6) is 0 Å². The zero-order valence-corrected chi connectivity index (χ0v) is 24.6. The molecule has 0 aromatic heterocycles. The summed E-state index contributed by atoms with van der Waals surface area (Å²) in [5, 5.41) is 17.8. The average molecular weight is 545 g/mol. The Morgan fingerprint density at radius 1 is 0.974 bits per heavy atom. The van der Waals surface area contributed by atoms with Gasteiger partial charge in [-0.1, -0.05) is 63.8 Å². The van der Waals surface area contributed by atoms with Crippen molar-refractivity contribution >= 4 is 6.09 Å². The first kappa shape index (κ1) is 31.0. The minimum atomic E-state index is -1.03. The zero-order chi connectivity index (χ0) is 29.0. The topological polar surface area (TPSA) is 70.6 Å². The predicted octanol–water partition coefficient (Wildman–Crippen LogP) is 6.82. The third-order valence-electron chi connectivity index (χ3n) is 7.40. The number of amides is 1. The van der Waals surface area contributed by atoms with Gasteiger partial charge in [-0.3, -0.25) is 0 Å². The standard InChI is InChI=1S/C32H46F2N2O3/c1-21-13-23(30(2,3)4)18-24(14-21)32(11-9-8-10-12-32)35-20-28(37)27(36-29(38)39-31(5,6)7)17-22-15-25(33)19-26(34)16-22/h13-16,18-19,27-28,35,37H,8-12,17,20H2,1-7H3,(H,36,38). The van der Waals surface area contributed by atoms with Crippen LogP contribution in [0.3, 0.4) is 0 Å². The highest BCUT2D eigenvalue weighted by Gasteiger charge is 2.36. The molecule has 0 bridgehead atoms. The second-order valence-electron chi connectivity index (χ2n) is 13.2. The van der Waals surface area contributed by atoms with Gasteiger partial charge in [0.2, 0.25) is 0 Å². The van der Waals surface area contributed by atoms with Gasteiger partial charge in [-0.15, -0.1) is 0 Å². The second-order valence-corrected chi connectivity index (χ2v) is 13.2. The van der Waals surface area contributed by atoms with Crippen LogP contribution >= 0.6 is 0 Å². The normalized spacial score (nSPS) is 17.4. The highest BCUT2D eigenvalue weighted by Crippen LogP contribution is 2.39. The van der Waals surface area contributed by atoms with E-state index in [1.165, 1.54) is 28.8 Å². The molecule has 1 aliphatic rings. The zero-order valence-electron chi connectivity index (χ0n) is 24.6. The number of rotatable bonds is 8. The summed E-state index contributed by atoms with van der Waals surface area (Å²) in [6.45, 7) is 14.2. The van der Waals surface area contributed by atoms with Gasteiger partial charge in [0.15, 0.2) is 0 Å². The first-order chi connectivity index (χ1) is 18.1. The number of aryl methyl sites for hydroxylation is 1. The molecule has 3 rings (SSSR count). The second kappa shape index (κ2) is 12.3. The molecule has 2 unspecified atom stereocenters. The van der Waals surface area contributed by atoms with Crippen LogP contribution in [0, 0.1) is 18.6 Å². The molecule has 0 spiro atoms. The summed E-state index contributed by atoms with van der Waals surface area (Å²) >= 11 is 0. The summed E-state index contributed by atoms with van der Waals surface area (Å²) in [6.07, 6.45) is 3.51. The number of hydrogen-bond donors (Lipinski definition) is 3. The van der Waals surface area contributed by atoms with Gasteiger partial charge in [0.25, 0.3) is 0 Å². The Morgan fingerprint density at radius 3 is 2.15 bits per heavy atom. The molecule has 0 radical (unpaired) electrons. The first-order valence-corrected chi connectivity index (χ1v) is 14.1. The molecule has 0 saturated heterocycles. The molecule has 1 aliphatic carbocycles. The van der Waals surface area contributed by atoms with Gasteiger partial charge in [-0.05, 0) is 81.2 Å². The van der Waals surface area contributed by atoms with Crippen molar-refractivity contribution in [2.24, 2.45) is 0 Å².